The van der Waals surface area contributed by atoms with Crippen LogP contribution in [0.3, 0.4) is 0 Å². The summed E-state index contributed by atoms with van der Waals surface area (Å²) < 4.78 is 0. The van der Waals surface area contributed by atoms with E-state index in [9.17, 15) is 29.7 Å². The molecule has 0 heterocycles. The van der Waals surface area contributed by atoms with Gasteiger partial charge in [-0.1, -0.05) is 0 Å². The van der Waals surface area contributed by atoms with Crippen molar-refractivity contribution < 1.29 is 50.1 Å². The number of aliphatic hydroxyl groups is 4. The standard InChI is InChI=1S/C12H20O10.3H3N/c13-4-1-7(8(16)17)12(22,10(20)21)11(2-5-14,3-6-15)9(18)19;;;/h7,13-15,22H,1-6H2,(H,16,17)(H,18,19)(H,20,21);3*1H3/p+3. The molecule has 0 saturated carbocycles. The van der Waals surface area contributed by atoms with Gasteiger partial charge in [0.2, 0.25) is 0 Å². The minimum atomic E-state index is -3.33. The average Bonchev–Trinajstić information content (AvgIpc) is 2.42. The Morgan fingerprint density at radius 2 is 1.16 bits per heavy atom. The fraction of sp³-hybridized carbons (Fsp3) is 0.750. The lowest BCUT2D eigenvalue weighted by Crippen LogP contribution is -2.64. The molecule has 0 aromatic carbocycles. The molecule has 0 aromatic rings. The first-order chi connectivity index (χ1) is 10.2. The summed E-state index contributed by atoms with van der Waals surface area (Å²) >= 11 is 0. The van der Waals surface area contributed by atoms with E-state index in [0.717, 1.165) is 0 Å². The highest BCUT2D eigenvalue weighted by Crippen LogP contribution is 2.45. The van der Waals surface area contributed by atoms with E-state index >= 15 is 0 Å². The van der Waals surface area contributed by atoms with Gasteiger partial charge in [0.15, 0.2) is 5.60 Å². The second-order valence-electron chi connectivity index (χ2n) is 4.81. The van der Waals surface area contributed by atoms with E-state index in [0.29, 0.717) is 0 Å². The van der Waals surface area contributed by atoms with Gasteiger partial charge in [0.05, 0.1) is 5.92 Å². The van der Waals surface area contributed by atoms with E-state index < -0.39 is 73.9 Å². The van der Waals surface area contributed by atoms with Crippen LogP contribution in [-0.2, 0) is 14.4 Å². The molecule has 0 radical (unpaired) electrons. The van der Waals surface area contributed by atoms with Crippen molar-refractivity contribution in [3.8, 4) is 0 Å². The zero-order valence-electron chi connectivity index (χ0n) is 14.7. The van der Waals surface area contributed by atoms with Crippen molar-refractivity contribution in [1.29, 1.82) is 0 Å². The van der Waals surface area contributed by atoms with Gasteiger partial charge in [0, 0.05) is 19.8 Å². The van der Waals surface area contributed by atoms with Gasteiger partial charge in [-0.3, -0.25) is 9.59 Å². The molecular formula is C12H32N3O10+3. The third-order valence-electron chi connectivity index (χ3n) is 3.76. The Labute approximate surface area is 143 Å². The monoisotopic (exact) mass is 378 g/mol. The summed E-state index contributed by atoms with van der Waals surface area (Å²) in [5.74, 6) is -7.97. The number of rotatable bonds is 11. The van der Waals surface area contributed by atoms with Crippen LogP contribution in [0.4, 0.5) is 0 Å². The van der Waals surface area contributed by atoms with Gasteiger partial charge in [-0.25, -0.2) is 4.79 Å². The van der Waals surface area contributed by atoms with Crippen LogP contribution in [0.15, 0.2) is 0 Å². The predicted octanol–water partition coefficient (Wildman–Crippen LogP) is -1.15. The highest BCUT2D eigenvalue weighted by molar-refractivity contribution is 5.93. The number of carboxylic acid groups (broad SMARTS) is 3. The zero-order valence-corrected chi connectivity index (χ0v) is 14.7. The molecule has 0 fully saturated rings. The number of aliphatic carboxylic acids is 3. The summed E-state index contributed by atoms with van der Waals surface area (Å²) in [5, 5.41) is 65.2. The van der Waals surface area contributed by atoms with Gasteiger partial charge in [-0.2, -0.15) is 0 Å². The smallest absolute Gasteiger partial charge is 0.337 e. The number of quaternary nitrogens is 3. The Balaban J connectivity index is -0.000000735. The van der Waals surface area contributed by atoms with Gasteiger partial charge in [0.25, 0.3) is 0 Å². The van der Waals surface area contributed by atoms with Crippen LogP contribution < -0.4 is 18.5 Å². The average molecular weight is 378 g/mol. The molecule has 0 amide bonds. The van der Waals surface area contributed by atoms with Crippen molar-refractivity contribution in [3.63, 3.8) is 0 Å². The molecule has 2 atom stereocenters. The Morgan fingerprint density at radius 3 is 1.36 bits per heavy atom. The third-order valence-corrected chi connectivity index (χ3v) is 3.76. The Hall–Kier alpha value is -1.87. The summed E-state index contributed by atoms with van der Waals surface area (Å²) in [6, 6.07) is 0. The van der Waals surface area contributed by atoms with Gasteiger partial charge >= 0.3 is 17.9 Å². The molecule has 19 N–H and O–H groups in total. The first-order valence-electron chi connectivity index (χ1n) is 6.40. The van der Waals surface area contributed by atoms with Crippen LogP contribution in [0.1, 0.15) is 19.3 Å². The SMILES string of the molecule is O=C(O)C(CCO)C(O)(C(=O)O)C(CCO)(CCO)C(=O)O.[NH4+].[NH4+].[NH4+]. The van der Waals surface area contributed by atoms with Crippen molar-refractivity contribution in [3.05, 3.63) is 0 Å². The van der Waals surface area contributed by atoms with Crippen molar-refractivity contribution in [2.45, 2.75) is 24.9 Å². The lowest BCUT2D eigenvalue weighted by Gasteiger charge is -2.43. The van der Waals surface area contributed by atoms with Crippen LogP contribution in [0, 0.1) is 11.3 Å². The number of aliphatic hydroxyl groups excluding tert-OH is 3. The fourth-order valence-electron chi connectivity index (χ4n) is 2.59. The third kappa shape index (κ3) is 5.57. The van der Waals surface area contributed by atoms with Crippen LogP contribution in [0.2, 0.25) is 0 Å². The topological polar surface area (TPSA) is 302 Å². The molecule has 0 saturated heterocycles. The molecule has 25 heavy (non-hydrogen) atoms. The number of hydrogen-bond acceptors (Lipinski definition) is 7. The Kier molecular flexibility index (Phi) is 15.5. The van der Waals surface area contributed by atoms with Gasteiger partial charge < -0.3 is 54.2 Å². The molecule has 0 aliphatic heterocycles. The van der Waals surface area contributed by atoms with Crippen LogP contribution in [-0.4, -0.2) is 79.1 Å². The van der Waals surface area contributed by atoms with Gasteiger partial charge in [-0.15, -0.1) is 0 Å². The second-order valence-corrected chi connectivity index (χ2v) is 4.81. The molecule has 0 rings (SSSR count). The second kappa shape index (κ2) is 12.5. The molecule has 0 aliphatic carbocycles. The van der Waals surface area contributed by atoms with Crippen LogP contribution >= 0.6 is 0 Å². The molecule has 13 heteroatoms. The number of carbonyl (C=O) groups is 3. The van der Waals surface area contributed by atoms with E-state index in [1.54, 1.807) is 0 Å². The molecule has 0 spiro atoms. The van der Waals surface area contributed by atoms with Crippen molar-refractivity contribution in [2.24, 2.45) is 11.3 Å². The predicted molar refractivity (Wildman–Crippen MR) is 86.8 cm³/mol. The van der Waals surface area contributed by atoms with Crippen LogP contribution in [0.25, 0.3) is 0 Å². The zero-order chi connectivity index (χ0) is 17.6. The molecule has 13 nitrogen and oxygen atoms in total. The van der Waals surface area contributed by atoms with Crippen LogP contribution in [0.5, 0.6) is 0 Å². The van der Waals surface area contributed by atoms with E-state index in [4.69, 9.17) is 20.4 Å². The normalized spacial score (nSPS) is 13.9. The summed E-state index contributed by atoms with van der Waals surface area (Å²) in [5.41, 5.74) is -5.97. The maximum atomic E-state index is 11.6. The van der Waals surface area contributed by atoms with Gasteiger partial charge in [-0.05, 0) is 19.3 Å². The van der Waals surface area contributed by atoms with E-state index in [1.807, 2.05) is 0 Å². The lowest BCUT2D eigenvalue weighted by atomic mass is 9.61. The minimum absolute atomic E-state index is 0. The Morgan fingerprint density at radius 1 is 0.760 bits per heavy atom. The van der Waals surface area contributed by atoms with E-state index in [-0.39, 0.29) is 18.5 Å². The highest BCUT2D eigenvalue weighted by Gasteiger charge is 2.65. The van der Waals surface area contributed by atoms with E-state index in [1.165, 1.54) is 0 Å². The summed E-state index contributed by atoms with van der Waals surface area (Å²) in [7, 11) is 0. The first kappa shape index (κ1) is 31.0. The summed E-state index contributed by atoms with van der Waals surface area (Å²) in [4.78, 5) is 34.4. The van der Waals surface area contributed by atoms with Crippen molar-refractivity contribution >= 4 is 17.9 Å². The molecule has 152 valence electrons. The van der Waals surface area contributed by atoms with Crippen molar-refractivity contribution in [2.75, 3.05) is 19.8 Å². The highest BCUT2D eigenvalue weighted by atomic mass is 16.4. The molecule has 0 aliphatic rings. The van der Waals surface area contributed by atoms with Crippen molar-refractivity contribution in [1.82, 2.24) is 18.5 Å². The van der Waals surface area contributed by atoms with Gasteiger partial charge in [0.1, 0.15) is 5.41 Å². The summed E-state index contributed by atoms with van der Waals surface area (Å²) in [6.45, 7) is -2.51. The summed E-state index contributed by atoms with van der Waals surface area (Å²) in [6.07, 6.45) is -2.30. The molecule has 0 aromatic heterocycles. The first-order valence-corrected chi connectivity index (χ1v) is 6.40. The quantitative estimate of drug-likeness (QED) is 0.205. The minimum Gasteiger partial charge on any atom is -0.481 e. The molecular weight excluding hydrogens is 346 g/mol. The maximum Gasteiger partial charge on any atom is 0.337 e. The molecule has 0 bridgehead atoms. The number of carboxylic acids is 3. The lowest BCUT2D eigenvalue weighted by molar-refractivity contribution is -0.209. The fourth-order valence-corrected chi connectivity index (χ4v) is 2.59. The van der Waals surface area contributed by atoms with E-state index in [2.05, 4.69) is 0 Å². The largest absolute Gasteiger partial charge is 0.481 e. The number of hydrogen-bond donors (Lipinski definition) is 10. The molecule has 2 unspecified atom stereocenters. The maximum absolute atomic E-state index is 11.6. The Bertz CT molecular complexity index is 427.